The fraction of sp³-hybridized carbons (Fsp3) is 0.333. The molecule has 7 heteroatoms. The summed E-state index contributed by atoms with van der Waals surface area (Å²) in [4.78, 5) is 15.9. The van der Waals surface area contributed by atoms with Gasteiger partial charge in [-0.2, -0.15) is 0 Å². The molecule has 0 unspecified atom stereocenters. The van der Waals surface area contributed by atoms with Gasteiger partial charge in [0.25, 0.3) is 0 Å². The van der Waals surface area contributed by atoms with Gasteiger partial charge in [-0.15, -0.1) is 11.3 Å². The third-order valence-corrected chi connectivity index (χ3v) is 3.93. The Labute approximate surface area is 124 Å². The van der Waals surface area contributed by atoms with Crippen LogP contribution in [0.5, 0.6) is 0 Å². The molecule has 0 aliphatic rings. The van der Waals surface area contributed by atoms with Gasteiger partial charge in [-0.05, 0) is 12.5 Å². The van der Waals surface area contributed by atoms with E-state index in [9.17, 15) is 4.79 Å². The summed E-state index contributed by atoms with van der Waals surface area (Å²) in [5.41, 5.74) is 1.16. The number of oxazole rings is 1. The van der Waals surface area contributed by atoms with Gasteiger partial charge in [0.05, 0.1) is 22.7 Å². The van der Waals surface area contributed by atoms with Crippen LogP contribution in [0.15, 0.2) is 10.5 Å². The van der Waals surface area contributed by atoms with Crippen LogP contribution in [0, 0.1) is 0 Å². The molecule has 0 fully saturated rings. The molecule has 4 nitrogen and oxygen atoms in total. The molecule has 2 aromatic rings. The van der Waals surface area contributed by atoms with Crippen molar-refractivity contribution in [1.82, 2.24) is 4.98 Å². The normalized spacial score (nSPS) is 10.7. The summed E-state index contributed by atoms with van der Waals surface area (Å²) in [6, 6.07) is 1.66. The third kappa shape index (κ3) is 2.94. The molecule has 0 atom stereocenters. The van der Waals surface area contributed by atoms with Crippen molar-refractivity contribution in [3.8, 4) is 11.5 Å². The van der Waals surface area contributed by atoms with E-state index in [1.807, 2.05) is 6.92 Å². The molecule has 2 rings (SSSR count). The summed E-state index contributed by atoms with van der Waals surface area (Å²) in [7, 11) is 1.30. The van der Waals surface area contributed by atoms with Crippen LogP contribution in [0.1, 0.15) is 29.6 Å². The number of ether oxygens (including phenoxy) is 1. The molecular formula is C12H11Cl2NO3S. The zero-order valence-corrected chi connectivity index (χ0v) is 12.7. The lowest BCUT2D eigenvalue weighted by atomic mass is 10.2. The van der Waals surface area contributed by atoms with Crippen LogP contribution in [0.2, 0.25) is 8.67 Å². The lowest BCUT2D eigenvalue weighted by molar-refractivity contribution is 0.0564. The topological polar surface area (TPSA) is 52.3 Å². The maximum absolute atomic E-state index is 11.6. The molecular weight excluding hydrogens is 309 g/mol. The highest BCUT2D eigenvalue weighted by atomic mass is 35.5. The smallest absolute Gasteiger partial charge is 0.376 e. The summed E-state index contributed by atoms with van der Waals surface area (Å²) in [5.74, 6) is -0.130. The predicted molar refractivity (Wildman–Crippen MR) is 75.2 cm³/mol. The molecule has 2 aromatic heterocycles. The van der Waals surface area contributed by atoms with Gasteiger partial charge < -0.3 is 9.15 Å². The highest BCUT2D eigenvalue weighted by molar-refractivity contribution is 7.20. The number of carbonyl (C=O) groups excluding carboxylic acids is 1. The van der Waals surface area contributed by atoms with Crippen LogP contribution in [0.4, 0.5) is 0 Å². The number of hydrogen-bond donors (Lipinski definition) is 0. The molecule has 0 saturated carbocycles. The zero-order chi connectivity index (χ0) is 14.0. The Bertz CT molecular complexity index is 606. The van der Waals surface area contributed by atoms with Gasteiger partial charge in [0, 0.05) is 0 Å². The van der Waals surface area contributed by atoms with E-state index in [0.717, 1.165) is 6.42 Å². The van der Waals surface area contributed by atoms with Gasteiger partial charge in [0.15, 0.2) is 0 Å². The van der Waals surface area contributed by atoms with Gasteiger partial charge in [-0.25, -0.2) is 9.78 Å². The number of esters is 1. The van der Waals surface area contributed by atoms with E-state index in [0.29, 0.717) is 26.4 Å². The average molecular weight is 320 g/mol. The average Bonchev–Trinajstić information content (AvgIpc) is 2.92. The van der Waals surface area contributed by atoms with Crippen molar-refractivity contribution in [1.29, 1.82) is 0 Å². The number of carbonyl (C=O) groups is 1. The minimum atomic E-state index is -0.542. The number of aryl methyl sites for hydroxylation is 1. The highest BCUT2D eigenvalue weighted by Crippen LogP contribution is 2.38. The predicted octanol–water partition coefficient (Wildman–Crippen LogP) is 4.45. The molecule has 0 aliphatic heterocycles. The van der Waals surface area contributed by atoms with Crippen LogP contribution in [0.25, 0.3) is 11.5 Å². The Kier molecular flexibility index (Phi) is 4.50. The van der Waals surface area contributed by atoms with Gasteiger partial charge in [-0.1, -0.05) is 36.5 Å². The Morgan fingerprint density at radius 2 is 2.26 bits per heavy atom. The van der Waals surface area contributed by atoms with E-state index in [2.05, 4.69) is 9.72 Å². The van der Waals surface area contributed by atoms with Crippen molar-refractivity contribution in [2.24, 2.45) is 0 Å². The molecule has 19 heavy (non-hydrogen) atoms. The van der Waals surface area contributed by atoms with Crippen molar-refractivity contribution in [3.63, 3.8) is 0 Å². The fourth-order valence-electron chi connectivity index (χ4n) is 1.61. The first-order valence-electron chi connectivity index (χ1n) is 5.60. The van der Waals surface area contributed by atoms with E-state index in [-0.39, 0.29) is 11.7 Å². The van der Waals surface area contributed by atoms with Crippen LogP contribution in [-0.2, 0) is 11.2 Å². The number of rotatable bonds is 4. The maximum atomic E-state index is 11.6. The molecule has 0 bridgehead atoms. The van der Waals surface area contributed by atoms with Gasteiger partial charge in [0.2, 0.25) is 11.7 Å². The van der Waals surface area contributed by atoms with Crippen molar-refractivity contribution < 1.29 is 13.9 Å². The molecule has 0 amide bonds. The third-order valence-electron chi connectivity index (χ3n) is 2.44. The first kappa shape index (κ1) is 14.4. The molecule has 0 aromatic carbocycles. The quantitative estimate of drug-likeness (QED) is 0.781. The SMILES string of the molecule is CCCc1nc(-c2cc(Cl)sc2Cl)oc1C(=O)OC. The summed E-state index contributed by atoms with van der Waals surface area (Å²) < 4.78 is 11.2. The molecule has 0 radical (unpaired) electrons. The Morgan fingerprint density at radius 1 is 1.53 bits per heavy atom. The number of hydrogen-bond acceptors (Lipinski definition) is 5. The van der Waals surface area contributed by atoms with Crippen molar-refractivity contribution >= 4 is 40.5 Å². The highest BCUT2D eigenvalue weighted by Gasteiger charge is 2.23. The standard InChI is InChI=1S/C12H11Cl2NO3S/c1-3-4-7-9(12(16)17-2)18-11(15-7)6-5-8(13)19-10(6)14/h5H,3-4H2,1-2H3. The zero-order valence-electron chi connectivity index (χ0n) is 10.3. The van der Waals surface area contributed by atoms with Gasteiger partial charge >= 0.3 is 5.97 Å². The Hall–Kier alpha value is -1.04. The first-order valence-corrected chi connectivity index (χ1v) is 7.17. The summed E-state index contributed by atoms with van der Waals surface area (Å²) in [6.45, 7) is 1.99. The minimum absolute atomic E-state index is 0.123. The molecule has 2 heterocycles. The second-order valence-corrected chi connectivity index (χ2v) is 6.06. The monoisotopic (exact) mass is 319 g/mol. The Morgan fingerprint density at radius 3 is 2.79 bits per heavy atom. The lowest BCUT2D eigenvalue weighted by Gasteiger charge is -1.96. The van der Waals surface area contributed by atoms with Crippen molar-refractivity contribution in [2.45, 2.75) is 19.8 Å². The number of halogens is 2. The molecule has 0 saturated heterocycles. The van der Waals surface area contributed by atoms with Crippen LogP contribution >= 0.6 is 34.5 Å². The molecule has 0 aliphatic carbocycles. The molecule has 0 spiro atoms. The van der Waals surface area contributed by atoms with E-state index in [1.54, 1.807) is 6.07 Å². The summed E-state index contributed by atoms with van der Waals surface area (Å²) in [5, 5.41) is 0. The van der Waals surface area contributed by atoms with Gasteiger partial charge in [-0.3, -0.25) is 0 Å². The fourth-order valence-corrected chi connectivity index (χ4v) is 3.06. The second-order valence-electron chi connectivity index (χ2n) is 3.77. The number of thiophene rings is 1. The summed E-state index contributed by atoms with van der Waals surface area (Å²) >= 11 is 13.2. The number of nitrogens with zero attached hydrogens (tertiary/aromatic N) is 1. The molecule has 102 valence electrons. The Balaban J connectivity index is 2.48. The van der Waals surface area contributed by atoms with E-state index >= 15 is 0 Å². The van der Waals surface area contributed by atoms with E-state index < -0.39 is 5.97 Å². The number of aromatic nitrogens is 1. The van der Waals surface area contributed by atoms with Crippen molar-refractivity contribution in [3.05, 3.63) is 26.2 Å². The minimum Gasteiger partial charge on any atom is -0.463 e. The maximum Gasteiger partial charge on any atom is 0.376 e. The van der Waals surface area contributed by atoms with Crippen molar-refractivity contribution in [2.75, 3.05) is 7.11 Å². The van der Waals surface area contributed by atoms with Gasteiger partial charge in [0.1, 0.15) is 4.34 Å². The second kappa shape index (κ2) is 5.94. The summed E-state index contributed by atoms with van der Waals surface area (Å²) in [6.07, 6.45) is 1.47. The first-order chi connectivity index (χ1) is 9.06. The van der Waals surface area contributed by atoms with E-state index in [1.165, 1.54) is 18.4 Å². The van der Waals surface area contributed by atoms with Crippen LogP contribution < -0.4 is 0 Å². The van der Waals surface area contributed by atoms with E-state index in [4.69, 9.17) is 27.6 Å². The lowest BCUT2D eigenvalue weighted by Crippen LogP contribution is -2.03. The number of methoxy groups -OCH3 is 1. The van der Waals surface area contributed by atoms with Crippen LogP contribution in [0.3, 0.4) is 0 Å². The largest absolute Gasteiger partial charge is 0.463 e. The van der Waals surface area contributed by atoms with Crippen LogP contribution in [-0.4, -0.2) is 18.1 Å². The molecule has 0 N–H and O–H groups in total.